The fraction of sp³-hybridized carbons (Fsp3) is 0.917. The van der Waals surface area contributed by atoms with Crippen LogP contribution < -0.4 is 5.32 Å². The molecule has 1 aliphatic heterocycles. The van der Waals surface area contributed by atoms with E-state index in [2.05, 4.69) is 46.1 Å². The number of carbonyl (C=O) groups is 1. The number of hydrogen-bond donors (Lipinski definition) is 1. The van der Waals surface area contributed by atoms with Crippen molar-refractivity contribution in [3.63, 3.8) is 0 Å². The van der Waals surface area contributed by atoms with Crippen LogP contribution in [0.2, 0.25) is 18.1 Å². The van der Waals surface area contributed by atoms with Crippen LogP contribution in [0.1, 0.15) is 40.5 Å². The number of amides is 1. The Morgan fingerprint density at radius 2 is 2.00 bits per heavy atom. The molecule has 2 unspecified atom stereocenters. The molecule has 0 aliphatic carbocycles. The maximum absolute atomic E-state index is 11.4. The van der Waals surface area contributed by atoms with Gasteiger partial charge in [0.1, 0.15) is 0 Å². The fourth-order valence-corrected chi connectivity index (χ4v) is 3.09. The Bertz CT molecular complexity index is 271. The Morgan fingerprint density at radius 3 is 2.44 bits per heavy atom. The first-order valence-electron chi connectivity index (χ1n) is 6.14. The molecule has 0 radical (unpaired) electrons. The molecule has 0 aromatic carbocycles. The van der Waals surface area contributed by atoms with Crippen molar-refractivity contribution >= 4 is 14.2 Å². The standard InChI is InChI=1S/C12H25NO2Si/c1-7-9-10(8-11(14)13-9)15-16(5,6)12(2,3)4/h9-10H,7-8H2,1-6H3,(H,13,14). The van der Waals surface area contributed by atoms with Crippen LogP contribution in [0.15, 0.2) is 0 Å². The van der Waals surface area contributed by atoms with Gasteiger partial charge in [-0.2, -0.15) is 0 Å². The van der Waals surface area contributed by atoms with Crippen molar-refractivity contribution in [1.29, 1.82) is 0 Å². The molecule has 1 amide bonds. The Labute approximate surface area is 100 Å². The zero-order chi connectivity index (χ0) is 12.6. The van der Waals surface area contributed by atoms with E-state index in [-0.39, 0.29) is 23.1 Å². The van der Waals surface area contributed by atoms with E-state index in [1.165, 1.54) is 0 Å². The van der Waals surface area contributed by atoms with E-state index >= 15 is 0 Å². The van der Waals surface area contributed by atoms with Crippen LogP contribution in [-0.2, 0) is 9.22 Å². The summed E-state index contributed by atoms with van der Waals surface area (Å²) < 4.78 is 6.29. The van der Waals surface area contributed by atoms with E-state index in [0.29, 0.717) is 6.42 Å². The summed E-state index contributed by atoms with van der Waals surface area (Å²) >= 11 is 0. The SMILES string of the molecule is CCC1NC(=O)CC1O[Si](C)(C)C(C)(C)C. The normalized spacial score (nSPS) is 27.0. The fourth-order valence-electron chi connectivity index (χ4n) is 1.73. The first-order valence-corrected chi connectivity index (χ1v) is 9.05. The third-order valence-corrected chi connectivity index (χ3v) is 8.38. The highest BCUT2D eigenvalue weighted by atomic mass is 28.4. The highest BCUT2D eigenvalue weighted by Gasteiger charge is 2.43. The summed E-state index contributed by atoms with van der Waals surface area (Å²) in [6, 6.07) is 0.210. The molecule has 94 valence electrons. The smallest absolute Gasteiger partial charge is 0.222 e. The molecule has 4 heteroatoms. The Morgan fingerprint density at radius 1 is 1.44 bits per heavy atom. The molecule has 0 spiro atoms. The number of hydrogen-bond acceptors (Lipinski definition) is 2. The molecule has 1 N–H and O–H groups in total. The molecule has 1 rings (SSSR count). The number of carbonyl (C=O) groups excluding carboxylic acids is 1. The molecule has 1 heterocycles. The van der Waals surface area contributed by atoms with Gasteiger partial charge in [0.2, 0.25) is 5.91 Å². The quantitative estimate of drug-likeness (QED) is 0.774. The lowest BCUT2D eigenvalue weighted by Gasteiger charge is -2.39. The molecule has 0 aromatic rings. The van der Waals surface area contributed by atoms with Crippen molar-refractivity contribution in [2.24, 2.45) is 0 Å². The second kappa shape index (κ2) is 4.49. The molecular formula is C12H25NO2Si. The molecule has 3 nitrogen and oxygen atoms in total. The van der Waals surface area contributed by atoms with Crippen LogP contribution in [0.25, 0.3) is 0 Å². The van der Waals surface area contributed by atoms with Crippen molar-refractivity contribution in [1.82, 2.24) is 5.32 Å². The third-order valence-electron chi connectivity index (χ3n) is 3.87. The minimum atomic E-state index is -1.75. The zero-order valence-corrected chi connectivity index (χ0v) is 12.4. The van der Waals surface area contributed by atoms with E-state index in [4.69, 9.17) is 4.43 Å². The van der Waals surface area contributed by atoms with Gasteiger partial charge in [0.15, 0.2) is 8.32 Å². The molecular weight excluding hydrogens is 218 g/mol. The van der Waals surface area contributed by atoms with Crippen LogP contribution in [0.3, 0.4) is 0 Å². The highest BCUT2D eigenvalue weighted by molar-refractivity contribution is 6.74. The summed E-state index contributed by atoms with van der Waals surface area (Å²) in [5.74, 6) is 0.135. The molecule has 0 aromatic heterocycles. The predicted octanol–water partition coefficient (Wildman–Crippen LogP) is 2.68. The van der Waals surface area contributed by atoms with Gasteiger partial charge in [0.25, 0.3) is 0 Å². The van der Waals surface area contributed by atoms with Gasteiger partial charge in [-0.25, -0.2) is 0 Å². The predicted molar refractivity (Wildman–Crippen MR) is 68.9 cm³/mol. The maximum atomic E-state index is 11.4. The molecule has 0 saturated carbocycles. The lowest BCUT2D eigenvalue weighted by atomic mass is 10.1. The maximum Gasteiger partial charge on any atom is 0.222 e. The summed E-state index contributed by atoms with van der Waals surface area (Å²) in [4.78, 5) is 11.4. The second-order valence-corrected chi connectivity index (χ2v) is 11.0. The molecule has 1 aliphatic rings. The van der Waals surface area contributed by atoms with Gasteiger partial charge in [-0.1, -0.05) is 27.7 Å². The minimum Gasteiger partial charge on any atom is -0.411 e. The van der Waals surface area contributed by atoms with E-state index in [1.807, 2.05) is 0 Å². The Kier molecular flexibility index (Phi) is 3.85. The summed E-state index contributed by atoms with van der Waals surface area (Å²) in [6.45, 7) is 13.3. The molecule has 1 fully saturated rings. The van der Waals surface area contributed by atoms with E-state index in [9.17, 15) is 4.79 Å². The molecule has 16 heavy (non-hydrogen) atoms. The van der Waals surface area contributed by atoms with Gasteiger partial charge >= 0.3 is 0 Å². The summed E-state index contributed by atoms with van der Waals surface area (Å²) in [5.41, 5.74) is 0. The van der Waals surface area contributed by atoms with Gasteiger partial charge in [0, 0.05) is 0 Å². The highest BCUT2D eigenvalue weighted by Crippen LogP contribution is 2.38. The average Bonchev–Trinajstić information content (AvgIpc) is 2.43. The number of rotatable bonds is 3. The van der Waals surface area contributed by atoms with E-state index < -0.39 is 8.32 Å². The van der Waals surface area contributed by atoms with Gasteiger partial charge in [-0.3, -0.25) is 4.79 Å². The second-order valence-electron chi connectivity index (χ2n) is 6.20. The zero-order valence-electron chi connectivity index (χ0n) is 11.4. The van der Waals surface area contributed by atoms with E-state index in [1.54, 1.807) is 0 Å². The van der Waals surface area contributed by atoms with E-state index in [0.717, 1.165) is 6.42 Å². The molecule has 0 bridgehead atoms. The monoisotopic (exact) mass is 243 g/mol. The third kappa shape index (κ3) is 2.86. The van der Waals surface area contributed by atoms with Crippen LogP contribution in [0.5, 0.6) is 0 Å². The van der Waals surface area contributed by atoms with Crippen LogP contribution in [0.4, 0.5) is 0 Å². The Hall–Kier alpha value is -0.353. The summed E-state index contributed by atoms with van der Waals surface area (Å²) in [7, 11) is -1.75. The van der Waals surface area contributed by atoms with Crippen molar-refractivity contribution in [3.05, 3.63) is 0 Å². The lowest BCUT2D eigenvalue weighted by molar-refractivity contribution is -0.119. The summed E-state index contributed by atoms with van der Waals surface area (Å²) in [6.07, 6.45) is 1.56. The van der Waals surface area contributed by atoms with Crippen molar-refractivity contribution in [3.8, 4) is 0 Å². The van der Waals surface area contributed by atoms with Crippen LogP contribution >= 0.6 is 0 Å². The molecule has 2 atom stereocenters. The topological polar surface area (TPSA) is 38.3 Å². The summed E-state index contributed by atoms with van der Waals surface area (Å²) in [5, 5.41) is 3.19. The van der Waals surface area contributed by atoms with Gasteiger partial charge in [-0.05, 0) is 24.6 Å². The minimum absolute atomic E-state index is 0.0818. The molecule has 1 saturated heterocycles. The Balaban J connectivity index is 2.70. The number of nitrogens with one attached hydrogen (secondary N) is 1. The van der Waals surface area contributed by atoms with Gasteiger partial charge < -0.3 is 9.74 Å². The largest absolute Gasteiger partial charge is 0.411 e. The van der Waals surface area contributed by atoms with Crippen molar-refractivity contribution < 1.29 is 9.22 Å². The average molecular weight is 243 g/mol. The van der Waals surface area contributed by atoms with Crippen LogP contribution in [0, 0.1) is 0 Å². The lowest BCUT2D eigenvalue weighted by Crippen LogP contribution is -2.46. The first-order chi connectivity index (χ1) is 7.17. The first kappa shape index (κ1) is 13.7. The van der Waals surface area contributed by atoms with Crippen molar-refractivity contribution in [2.75, 3.05) is 0 Å². The van der Waals surface area contributed by atoms with Crippen LogP contribution in [-0.4, -0.2) is 26.4 Å². The van der Waals surface area contributed by atoms with Crippen molar-refractivity contribution in [2.45, 2.75) is 70.8 Å². The van der Waals surface area contributed by atoms with Gasteiger partial charge in [-0.15, -0.1) is 0 Å². The van der Waals surface area contributed by atoms with Gasteiger partial charge in [0.05, 0.1) is 18.6 Å².